The average molecular weight is 406 g/mol. The van der Waals surface area contributed by atoms with Crippen molar-refractivity contribution in [2.24, 2.45) is 0 Å². The first-order valence-electron chi connectivity index (χ1n) is 8.59. The lowest BCUT2D eigenvalue weighted by Gasteiger charge is -2.20. The molecule has 2 heterocycles. The number of amides is 1. The number of thiophene rings is 1. The molecule has 0 saturated heterocycles. The Morgan fingerprint density at radius 1 is 1.33 bits per heavy atom. The van der Waals surface area contributed by atoms with Gasteiger partial charge in [-0.2, -0.15) is 0 Å². The Hall–Kier alpha value is -2.38. The number of rotatable bonds is 8. The zero-order valence-corrected chi connectivity index (χ0v) is 16.7. The lowest BCUT2D eigenvalue weighted by atomic mass is 10.2. The molecule has 1 aromatic carbocycles. The van der Waals surface area contributed by atoms with Gasteiger partial charge in [0.1, 0.15) is 5.75 Å². The van der Waals surface area contributed by atoms with Crippen LogP contribution in [-0.4, -0.2) is 34.2 Å². The molecule has 0 saturated carbocycles. The van der Waals surface area contributed by atoms with Gasteiger partial charge in [0.05, 0.1) is 11.4 Å². The van der Waals surface area contributed by atoms with Crippen LogP contribution in [0.5, 0.6) is 5.75 Å². The lowest BCUT2D eigenvalue weighted by molar-refractivity contribution is -0.134. The van der Waals surface area contributed by atoms with Gasteiger partial charge in [0.15, 0.2) is 6.61 Å². The van der Waals surface area contributed by atoms with E-state index in [0.29, 0.717) is 29.1 Å². The third-order valence-corrected chi connectivity index (χ3v) is 5.14. The summed E-state index contributed by atoms with van der Waals surface area (Å²) in [5.74, 6) is 1.35. The van der Waals surface area contributed by atoms with Gasteiger partial charge in [-0.15, -0.1) is 21.5 Å². The summed E-state index contributed by atoms with van der Waals surface area (Å²) in [5.41, 5.74) is 0.902. The van der Waals surface area contributed by atoms with Crippen LogP contribution in [0.25, 0.3) is 10.8 Å². The first-order chi connectivity index (χ1) is 13.1. The SMILES string of the molecule is CCCN(Cc1nnc(-c2cccs2)o1)C(=O)COc1ccc(Cl)c(C)c1. The van der Waals surface area contributed by atoms with E-state index in [4.69, 9.17) is 20.8 Å². The van der Waals surface area contributed by atoms with E-state index in [-0.39, 0.29) is 19.1 Å². The number of carbonyl (C=O) groups is 1. The minimum Gasteiger partial charge on any atom is -0.484 e. The molecule has 1 amide bonds. The van der Waals surface area contributed by atoms with Gasteiger partial charge in [-0.25, -0.2) is 0 Å². The lowest BCUT2D eigenvalue weighted by Crippen LogP contribution is -2.35. The first kappa shape index (κ1) is 19.4. The molecule has 0 N–H and O–H groups in total. The van der Waals surface area contributed by atoms with Gasteiger partial charge in [0, 0.05) is 11.6 Å². The quantitative estimate of drug-likeness (QED) is 0.548. The standard InChI is InChI=1S/C19H20ClN3O3S/c1-3-8-23(11-17-21-22-19(26-17)16-5-4-9-27-16)18(24)12-25-14-6-7-15(20)13(2)10-14/h4-7,9-10H,3,8,11-12H2,1-2H3. The second-order valence-electron chi connectivity index (χ2n) is 5.99. The van der Waals surface area contributed by atoms with Crippen molar-refractivity contribution in [2.45, 2.75) is 26.8 Å². The van der Waals surface area contributed by atoms with Crippen molar-refractivity contribution in [3.63, 3.8) is 0 Å². The van der Waals surface area contributed by atoms with E-state index in [1.807, 2.05) is 37.4 Å². The molecular formula is C19H20ClN3O3S. The van der Waals surface area contributed by atoms with Crippen LogP contribution in [0.4, 0.5) is 0 Å². The molecule has 142 valence electrons. The summed E-state index contributed by atoms with van der Waals surface area (Å²) in [6.07, 6.45) is 0.817. The highest BCUT2D eigenvalue weighted by molar-refractivity contribution is 7.13. The minimum atomic E-state index is -0.139. The van der Waals surface area contributed by atoms with Gasteiger partial charge in [0.2, 0.25) is 5.89 Å². The summed E-state index contributed by atoms with van der Waals surface area (Å²) in [6.45, 7) is 4.68. The third-order valence-electron chi connectivity index (χ3n) is 3.86. The predicted molar refractivity (Wildman–Crippen MR) is 105 cm³/mol. The fourth-order valence-corrected chi connectivity index (χ4v) is 3.25. The number of nitrogens with zero attached hydrogens (tertiary/aromatic N) is 3. The number of aryl methyl sites for hydroxylation is 1. The van der Waals surface area contributed by atoms with Crippen molar-refractivity contribution in [1.82, 2.24) is 15.1 Å². The van der Waals surface area contributed by atoms with Crippen molar-refractivity contribution in [3.8, 4) is 16.5 Å². The smallest absolute Gasteiger partial charge is 0.260 e. The molecule has 6 nitrogen and oxygen atoms in total. The zero-order valence-electron chi connectivity index (χ0n) is 15.1. The van der Waals surface area contributed by atoms with Crippen LogP contribution < -0.4 is 4.74 Å². The van der Waals surface area contributed by atoms with E-state index in [0.717, 1.165) is 16.9 Å². The third kappa shape index (κ3) is 5.08. The van der Waals surface area contributed by atoms with E-state index < -0.39 is 0 Å². The number of hydrogen-bond donors (Lipinski definition) is 0. The Balaban J connectivity index is 1.62. The molecule has 0 aliphatic carbocycles. The second-order valence-corrected chi connectivity index (χ2v) is 7.35. The van der Waals surface area contributed by atoms with E-state index in [2.05, 4.69) is 10.2 Å². The van der Waals surface area contributed by atoms with Gasteiger partial charge in [0.25, 0.3) is 11.8 Å². The van der Waals surface area contributed by atoms with Crippen molar-refractivity contribution < 1.29 is 13.9 Å². The second kappa shape index (κ2) is 9.01. The Kier molecular flexibility index (Phi) is 6.47. The highest BCUT2D eigenvalue weighted by Crippen LogP contribution is 2.24. The molecule has 0 aliphatic heterocycles. The Morgan fingerprint density at radius 3 is 2.89 bits per heavy atom. The van der Waals surface area contributed by atoms with Gasteiger partial charge in [-0.3, -0.25) is 4.79 Å². The zero-order chi connectivity index (χ0) is 19.2. The maximum atomic E-state index is 12.6. The molecule has 8 heteroatoms. The van der Waals surface area contributed by atoms with E-state index in [1.54, 1.807) is 17.0 Å². The molecule has 0 fully saturated rings. The number of ether oxygens (including phenoxy) is 1. The normalized spacial score (nSPS) is 10.8. The fraction of sp³-hybridized carbons (Fsp3) is 0.316. The van der Waals surface area contributed by atoms with E-state index in [9.17, 15) is 4.79 Å². The van der Waals surface area contributed by atoms with Crippen LogP contribution in [0.3, 0.4) is 0 Å². The van der Waals surface area contributed by atoms with Crippen LogP contribution in [-0.2, 0) is 11.3 Å². The maximum absolute atomic E-state index is 12.6. The van der Waals surface area contributed by atoms with Crippen molar-refractivity contribution >= 4 is 28.8 Å². The van der Waals surface area contributed by atoms with Crippen LogP contribution in [0.1, 0.15) is 24.8 Å². The minimum absolute atomic E-state index is 0.0625. The molecule has 3 aromatic rings. The van der Waals surface area contributed by atoms with E-state index >= 15 is 0 Å². The summed E-state index contributed by atoms with van der Waals surface area (Å²) < 4.78 is 11.3. The number of benzene rings is 1. The number of halogens is 1. The highest BCUT2D eigenvalue weighted by atomic mass is 35.5. The Morgan fingerprint density at radius 2 is 2.19 bits per heavy atom. The average Bonchev–Trinajstić information content (AvgIpc) is 3.33. The molecule has 0 aliphatic rings. The molecule has 0 atom stereocenters. The molecule has 0 unspecified atom stereocenters. The number of aromatic nitrogens is 2. The molecule has 0 bridgehead atoms. The number of carbonyl (C=O) groups excluding carboxylic acids is 1. The highest BCUT2D eigenvalue weighted by Gasteiger charge is 2.18. The molecular weight excluding hydrogens is 386 g/mol. The van der Waals surface area contributed by atoms with Crippen LogP contribution in [0.2, 0.25) is 5.02 Å². The molecule has 0 radical (unpaired) electrons. The molecule has 27 heavy (non-hydrogen) atoms. The summed E-state index contributed by atoms with van der Waals surface area (Å²) in [4.78, 5) is 15.2. The molecule has 2 aromatic heterocycles. The summed E-state index contributed by atoms with van der Waals surface area (Å²) >= 11 is 7.54. The van der Waals surface area contributed by atoms with Gasteiger partial charge < -0.3 is 14.1 Å². The summed E-state index contributed by atoms with van der Waals surface area (Å²) in [7, 11) is 0. The maximum Gasteiger partial charge on any atom is 0.260 e. The molecule has 3 rings (SSSR count). The molecule has 0 spiro atoms. The van der Waals surface area contributed by atoms with Gasteiger partial charge in [-0.1, -0.05) is 24.6 Å². The predicted octanol–water partition coefficient (Wildman–Crippen LogP) is 4.58. The number of hydrogen-bond acceptors (Lipinski definition) is 6. The summed E-state index contributed by atoms with van der Waals surface area (Å²) in [6, 6.07) is 9.15. The van der Waals surface area contributed by atoms with Crippen molar-refractivity contribution in [2.75, 3.05) is 13.2 Å². The van der Waals surface area contributed by atoms with Crippen LogP contribution in [0.15, 0.2) is 40.1 Å². The monoisotopic (exact) mass is 405 g/mol. The van der Waals surface area contributed by atoms with Gasteiger partial charge in [-0.05, 0) is 48.6 Å². The Bertz CT molecular complexity index is 896. The van der Waals surface area contributed by atoms with Gasteiger partial charge >= 0.3 is 0 Å². The summed E-state index contributed by atoms with van der Waals surface area (Å²) in [5, 5.41) is 10.7. The van der Waals surface area contributed by atoms with E-state index in [1.165, 1.54) is 11.3 Å². The van der Waals surface area contributed by atoms with Crippen LogP contribution in [0, 0.1) is 6.92 Å². The van der Waals surface area contributed by atoms with Crippen molar-refractivity contribution in [1.29, 1.82) is 0 Å². The fourth-order valence-electron chi connectivity index (χ4n) is 2.49. The largest absolute Gasteiger partial charge is 0.484 e. The topological polar surface area (TPSA) is 68.5 Å². The van der Waals surface area contributed by atoms with Crippen molar-refractivity contribution in [3.05, 3.63) is 52.2 Å². The first-order valence-corrected chi connectivity index (χ1v) is 9.85. The van der Waals surface area contributed by atoms with Crippen LogP contribution >= 0.6 is 22.9 Å². The Labute approximate surface area is 166 Å².